The van der Waals surface area contributed by atoms with E-state index in [4.69, 9.17) is 23.2 Å². The van der Waals surface area contributed by atoms with Gasteiger partial charge in [-0.05, 0) is 27.1 Å². The minimum absolute atomic E-state index is 0.129. The van der Waals surface area contributed by atoms with Crippen LogP contribution in [0, 0.1) is 0 Å². The number of carbonyl (C=O) groups is 1. The van der Waals surface area contributed by atoms with Crippen LogP contribution in [0.4, 0.5) is 0 Å². The normalized spacial score (nSPS) is 14.3. The van der Waals surface area contributed by atoms with E-state index in [-0.39, 0.29) is 22.6 Å². The van der Waals surface area contributed by atoms with E-state index in [0.29, 0.717) is 12.1 Å². The van der Waals surface area contributed by atoms with Gasteiger partial charge >= 0.3 is 0 Å². The van der Waals surface area contributed by atoms with Crippen molar-refractivity contribution in [2.75, 3.05) is 27.2 Å². The minimum atomic E-state index is -1.01. The van der Waals surface area contributed by atoms with E-state index in [1.165, 1.54) is 12.3 Å². The maximum atomic E-state index is 11.9. The molecular weight excluding hydrogens is 289 g/mol. The molecule has 1 amide bonds. The first-order chi connectivity index (χ1) is 8.71. The van der Waals surface area contributed by atoms with Crippen molar-refractivity contribution in [1.82, 2.24) is 15.2 Å². The predicted molar refractivity (Wildman–Crippen MR) is 75.8 cm³/mol. The summed E-state index contributed by atoms with van der Waals surface area (Å²) in [6, 6.07) is 1.44. The third-order valence-electron chi connectivity index (χ3n) is 2.35. The lowest BCUT2D eigenvalue weighted by atomic mass is 10.1. The van der Waals surface area contributed by atoms with E-state index in [2.05, 4.69) is 10.3 Å². The maximum absolute atomic E-state index is 11.9. The van der Waals surface area contributed by atoms with Crippen LogP contribution in [0.1, 0.15) is 17.3 Å². The number of halogens is 2. The summed E-state index contributed by atoms with van der Waals surface area (Å²) in [5.74, 6) is -0.356. The number of nitrogens with one attached hydrogen (secondary N) is 1. The third-order valence-corrected chi connectivity index (χ3v) is 3.03. The fourth-order valence-corrected chi connectivity index (χ4v) is 1.93. The molecule has 19 heavy (non-hydrogen) atoms. The fraction of sp³-hybridized carbons (Fsp3) is 0.500. The van der Waals surface area contributed by atoms with Crippen molar-refractivity contribution in [2.24, 2.45) is 0 Å². The highest BCUT2D eigenvalue weighted by Gasteiger charge is 2.22. The van der Waals surface area contributed by atoms with Crippen LogP contribution in [0.25, 0.3) is 0 Å². The lowest BCUT2D eigenvalue weighted by Crippen LogP contribution is -2.47. The molecule has 1 heterocycles. The molecule has 1 aromatic rings. The summed E-state index contributed by atoms with van der Waals surface area (Å²) in [5, 5.41) is 13.1. The highest BCUT2D eigenvalue weighted by Crippen LogP contribution is 2.19. The Morgan fingerprint density at radius 2 is 2.16 bits per heavy atom. The molecule has 0 fully saturated rings. The van der Waals surface area contributed by atoms with Gasteiger partial charge in [0.25, 0.3) is 5.91 Å². The quantitative estimate of drug-likeness (QED) is 0.808. The number of nitrogens with zero attached hydrogens (tertiary/aromatic N) is 2. The second-order valence-electron chi connectivity index (χ2n) is 4.91. The second kappa shape index (κ2) is 6.52. The van der Waals surface area contributed by atoms with Gasteiger partial charge in [-0.2, -0.15) is 0 Å². The monoisotopic (exact) mass is 305 g/mol. The number of aliphatic hydroxyl groups is 1. The molecule has 5 nitrogen and oxygen atoms in total. The van der Waals surface area contributed by atoms with Crippen molar-refractivity contribution in [3.63, 3.8) is 0 Å². The summed E-state index contributed by atoms with van der Waals surface area (Å²) in [5.41, 5.74) is -0.710. The topological polar surface area (TPSA) is 65.5 Å². The molecular formula is C12H17Cl2N3O2. The largest absolute Gasteiger partial charge is 0.387 e. The summed E-state index contributed by atoms with van der Waals surface area (Å²) >= 11 is 11.5. The fourth-order valence-electron chi connectivity index (χ4n) is 1.66. The highest BCUT2D eigenvalue weighted by molar-refractivity contribution is 6.41. The number of pyridine rings is 1. The van der Waals surface area contributed by atoms with Gasteiger partial charge in [0.15, 0.2) is 0 Å². The van der Waals surface area contributed by atoms with Gasteiger partial charge in [-0.25, -0.2) is 4.98 Å². The average molecular weight is 306 g/mol. The maximum Gasteiger partial charge on any atom is 0.253 e. The van der Waals surface area contributed by atoms with Crippen molar-refractivity contribution in [2.45, 2.75) is 12.5 Å². The summed E-state index contributed by atoms with van der Waals surface area (Å²) < 4.78 is 0. The first-order valence-electron chi connectivity index (χ1n) is 5.67. The van der Waals surface area contributed by atoms with Crippen LogP contribution >= 0.6 is 23.2 Å². The molecule has 2 N–H and O–H groups in total. The van der Waals surface area contributed by atoms with Gasteiger partial charge in [0.1, 0.15) is 5.15 Å². The third kappa shape index (κ3) is 5.32. The number of hydrogen-bond acceptors (Lipinski definition) is 4. The van der Waals surface area contributed by atoms with Crippen LogP contribution in [0.3, 0.4) is 0 Å². The molecule has 7 heteroatoms. The van der Waals surface area contributed by atoms with E-state index >= 15 is 0 Å². The number of rotatable bonds is 5. The van der Waals surface area contributed by atoms with Gasteiger partial charge in [-0.3, -0.25) is 4.79 Å². The van der Waals surface area contributed by atoms with Crippen LogP contribution in [0.5, 0.6) is 0 Å². The van der Waals surface area contributed by atoms with Gasteiger partial charge < -0.3 is 15.3 Å². The Kier molecular flexibility index (Phi) is 5.55. The summed E-state index contributed by atoms with van der Waals surface area (Å²) in [4.78, 5) is 17.5. The molecule has 1 rings (SSSR count). The van der Waals surface area contributed by atoms with Gasteiger partial charge in [0.2, 0.25) is 0 Å². The first kappa shape index (κ1) is 16.2. The van der Waals surface area contributed by atoms with Crippen LogP contribution in [0.15, 0.2) is 12.3 Å². The van der Waals surface area contributed by atoms with E-state index in [1.54, 1.807) is 6.92 Å². The van der Waals surface area contributed by atoms with Crippen molar-refractivity contribution >= 4 is 29.1 Å². The van der Waals surface area contributed by atoms with Crippen LogP contribution in [-0.2, 0) is 0 Å². The molecule has 0 aromatic carbocycles. The Labute approximate surface area is 122 Å². The van der Waals surface area contributed by atoms with Gasteiger partial charge in [0.05, 0.1) is 16.2 Å². The van der Waals surface area contributed by atoms with Gasteiger partial charge in [-0.15, -0.1) is 0 Å². The van der Waals surface area contributed by atoms with Crippen molar-refractivity contribution < 1.29 is 9.90 Å². The number of carbonyl (C=O) groups excluding carboxylic acids is 1. The number of hydrogen-bond donors (Lipinski definition) is 2. The first-order valence-corrected chi connectivity index (χ1v) is 6.43. The zero-order chi connectivity index (χ0) is 14.6. The highest BCUT2D eigenvalue weighted by atomic mass is 35.5. The zero-order valence-corrected chi connectivity index (χ0v) is 12.6. The molecule has 106 valence electrons. The SMILES string of the molecule is CN(C)CC(C)(O)CNC(=O)c1cnc(Cl)c(Cl)c1. The molecule has 1 atom stereocenters. The molecule has 0 spiro atoms. The lowest BCUT2D eigenvalue weighted by Gasteiger charge is -2.27. The molecule has 0 bridgehead atoms. The van der Waals surface area contributed by atoms with Crippen molar-refractivity contribution in [3.8, 4) is 0 Å². The van der Waals surface area contributed by atoms with Crippen LogP contribution in [0.2, 0.25) is 10.2 Å². The molecule has 0 aliphatic rings. The number of aromatic nitrogens is 1. The van der Waals surface area contributed by atoms with E-state index < -0.39 is 5.60 Å². The smallest absolute Gasteiger partial charge is 0.253 e. The Hall–Kier alpha value is -0.880. The lowest BCUT2D eigenvalue weighted by molar-refractivity contribution is 0.0326. The molecule has 0 aliphatic carbocycles. The van der Waals surface area contributed by atoms with Crippen LogP contribution in [-0.4, -0.2) is 53.7 Å². The number of likely N-dealkylation sites (N-methyl/N-ethyl adjacent to an activating group) is 1. The number of amides is 1. The summed E-state index contributed by atoms with van der Waals surface area (Å²) in [6.07, 6.45) is 1.34. The molecule has 1 unspecified atom stereocenters. The van der Waals surface area contributed by atoms with Gasteiger partial charge in [0, 0.05) is 19.3 Å². The van der Waals surface area contributed by atoms with Crippen molar-refractivity contribution in [1.29, 1.82) is 0 Å². The Balaban J connectivity index is 2.62. The predicted octanol–water partition coefficient (Wildman–Crippen LogP) is 1.43. The summed E-state index contributed by atoms with van der Waals surface area (Å²) in [7, 11) is 3.69. The minimum Gasteiger partial charge on any atom is -0.387 e. The Bertz CT molecular complexity index is 464. The van der Waals surface area contributed by atoms with E-state index in [1.807, 2.05) is 19.0 Å². The van der Waals surface area contributed by atoms with Gasteiger partial charge in [-0.1, -0.05) is 23.2 Å². The molecule has 0 radical (unpaired) electrons. The van der Waals surface area contributed by atoms with Crippen LogP contribution < -0.4 is 5.32 Å². The molecule has 0 saturated carbocycles. The molecule has 0 aliphatic heterocycles. The molecule has 1 aromatic heterocycles. The Morgan fingerprint density at radius 1 is 1.53 bits per heavy atom. The summed E-state index contributed by atoms with van der Waals surface area (Å²) in [6.45, 7) is 2.22. The Morgan fingerprint density at radius 3 is 2.68 bits per heavy atom. The van der Waals surface area contributed by atoms with Crippen molar-refractivity contribution in [3.05, 3.63) is 28.0 Å². The van der Waals surface area contributed by atoms with E-state index in [0.717, 1.165) is 0 Å². The zero-order valence-electron chi connectivity index (χ0n) is 11.1. The van der Waals surface area contributed by atoms with E-state index in [9.17, 15) is 9.90 Å². The second-order valence-corrected chi connectivity index (χ2v) is 5.68. The molecule has 0 saturated heterocycles. The standard InChI is InChI=1S/C12H17Cl2N3O2/c1-12(19,7-17(2)3)6-16-11(18)8-4-9(13)10(14)15-5-8/h4-5,19H,6-7H2,1-3H3,(H,16,18). The average Bonchev–Trinajstić information content (AvgIpc) is 2.28.